The number of nitrogens with two attached hydrogens (primary N) is 1. The van der Waals surface area contributed by atoms with E-state index in [1.165, 1.54) is 0 Å². The van der Waals surface area contributed by atoms with E-state index in [0.717, 1.165) is 17.1 Å². The first-order chi connectivity index (χ1) is 9.28. The van der Waals surface area contributed by atoms with Gasteiger partial charge in [0.05, 0.1) is 22.9 Å². The highest BCUT2D eigenvalue weighted by atomic mass is 35.5. The van der Waals surface area contributed by atoms with Gasteiger partial charge in [0.25, 0.3) is 0 Å². The summed E-state index contributed by atoms with van der Waals surface area (Å²) in [6.07, 6.45) is 0. The summed E-state index contributed by atoms with van der Waals surface area (Å²) < 4.78 is 0. The Hall–Kier alpha value is -2.20. The van der Waals surface area contributed by atoms with Crippen LogP contribution in [0.3, 0.4) is 0 Å². The number of nitrogens with zero attached hydrogens (tertiary/aromatic N) is 3. The number of amidine groups is 1. The Morgan fingerprint density at radius 3 is 1.95 bits per heavy atom. The molecule has 0 amide bonds. The average molecular weight is 273 g/mol. The first-order valence-electron chi connectivity index (χ1n) is 5.74. The van der Waals surface area contributed by atoms with E-state index >= 15 is 0 Å². The molecule has 0 spiro atoms. The van der Waals surface area contributed by atoms with Crippen molar-refractivity contribution in [3.8, 4) is 0 Å². The van der Waals surface area contributed by atoms with Crippen LogP contribution in [0.25, 0.3) is 0 Å². The zero-order valence-electron chi connectivity index (χ0n) is 10.2. The summed E-state index contributed by atoms with van der Waals surface area (Å²) in [4.78, 5) is 4.13. The largest absolute Gasteiger partial charge is 0.386 e. The second-order valence-electron chi connectivity index (χ2n) is 3.79. The molecule has 0 radical (unpaired) electrons. The van der Waals surface area contributed by atoms with Crippen molar-refractivity contribution >= 4 is 34.5 Å². The van der Waals surface area contributed by atoms with E-state index in [2.05, 4.69) is 15.2 Å². The van der Waals surface area contributed by atoms with Crippen LogP contribution in [0.15, 0.2) is 69.8 Å². The summed E-state index contributed by atoms with van der Waals surface area (Å²) in [6, 6.07) is 16.8. The lowest BCUT2D eigenvalue weighted by molar-refractivity contribution is 1.23. The van der Waals surface area contributed by atoms with Crippen molar-refractivity contribution < 1.29 is 0 Å². The molecule has 19 heavy (non-hydrogen) atoms. The van der Waals surface area contributed by atoms with Crippen LogP contribution in [0.1, 0.15) is 0 Å². The molecule has 0 atom stereocenters. The molecule has 0 unspecified atom stereocenters. The van der Waals surface area contributed by atoms with Crippen LogP contribution in [-0.4, -0.2) is 11.7 Å². The maximum Gasteiger partial charge on any atom is 0.115 e. The van der Waals surface area contributed by atoms with Gasteiger partial charge in [-0.25, -0.2) is 4.99 Å². The van der Waals surface area contributed by atoms with Crippen LogP contribution in [0.5, 0.6) is 0 Å². The van der Waals surface area contributed by atoms with Gasteiger partial charge in [-0.2, -0.15) is 10.2 Å². The van der Waals surface area contributed by atoms with Crippen molar-refractivity contribution in [3.63, 3.8) is 0 Å². The number of azo groups is 1. The quantitative estimate of drug-likeness (QED) is 0.383. The summed E-state index contributed by atoms with van der Waals surface area (Å²) in [5.41, 5.74) is 7.87. The minimum atomic E-state index is 0.218. The Bertz CT molecular complexity index is 576. The molecule has 2 rings (SSSR count). The third-order valence-electron chi connectivity index (χ3n) is 2.30. The van der Waals surface area contributed by atoms with Gasteiger partial charge in [0, 0.05) is 0 Å². The number of alkyl halides is 1. The van der Waals surface area contributed by atoms with Crippen molar-refractivity contribution in [1.29, 1.82) is 0 Å². The minimum Gasteiger partial charge on any atom is -0.386 e. The first kappa shape index (κ1) is 13.2. The van der Waals surface area contributed by atoms with Crippen molar-refractivity contribution in [2.24, 2.45) is 21.0 Å². The van der Waals surface area contributed by atoms with Crippen molar-refractivity contribution in [2.45, 2.75) is 0 Å². The van der Waals surface area contributed by atoms with Crippen molar-refractivity contribution in [3.05, 3.63) is 54.6 Å². The maximum absolute atomic E-state index is 5.56. The van der Waals surface area contributed by atoms with Crippen LogP contribution in [0.2, 0.25) is 0 Å². The van der Waals surface area contributed by atoms with Crippen LogP contribution < -0.4 is 5.73 Å². The highest BCUT2D eigenvalue weighted by Gasteiger charge is 1.94. The second kappa shape index (κ2) is 6.66. The Balaban J connectivity index is 2.09. The predicted octanol–water partition coefficient (Wildman–Crippen LogP) is 4.33. The molecule has 2 N–H and O–H groups in total. The lowest BCUT2D eigenvalue weighted by Crippen LogP contribution is -2.12. The molecule has 0 heterocycles. The standard InChI is InChI=1S/C14H13ClN4/c15-10-14(16)17-11-6-8-13(9-7-11)19-18-12-4-2-1-3-5-12/h1-9H,10H2,(H2,16,17). The van der Waals surface area contributed by atoms with E-state index in [1.807, 2.05) is 54.6 Å². The van der Waals surface area contributed by atoms with Crippen molar-refractivity contribution in [1.82, 2.24) is 0 Å². The van der Waals surface area contributed by atoms with Gasteiger partial charge < -0.3 is 5.73 Å². The van der Waals surface area contributed by atoms with E-state index in [0.29, 0.717) is 5.84 Å². The molecular weight excluding hydrogens is 260 g/mol. The van der Waals surface area contributed by atoms with E-state index in [9.17, 15) is 0 Å². The number of halogens is 1. The predicted molar refractivity (Wildman–Crippen MR) is 79.1 cm³/mol. The van der Waals surface area contributed by atoms with Gasteiger partial charge >= 0.3 is 0 Å². The summed E-state index contributed by atoms with van der Waals surface area (Å²) >= 11 is 5.56. The fraction of sp³-hybridized carbons (Fsp3) is 0.0714. The molecule has 0 aliphatic rings. The molecule has 96 valence electrons. The van der Waals surface area contributed by atoms with Gasteiger partial charge in [0.1, 0.15) is 5.84 Å². The fourth-order valence-electron chi connectivity index (χ4n) is 1.40. The summed E-state index contributed by atoms with van der Waals surface area (Å²) in [5, 5.41) is 8.26. The highest BCUT2D eigenvalue weighted by Crippen LogP contribution is 2.21. The topological polar surface area (TPSA) is 63.1 Å². The summed E-state index contributed by atoms with van der Waals surface area (Å²) in [5.74, 6) is 0.607. The second-order valence-corrected chi connectivity index (χ2v) is 4.06. The molecule has 0 saturated carbocycles. The number of benzene rings is 2. The zero-order valence-corrected chi connectivity index (χ0v) is 11.0. The van der Waals surface area contributed by atoms with E-state index < -0.39 is 0 Å². The molecule has 5 heteroatoms. The average Bonchev–Trinajstić information content (AvgIpc) is 2.47. The van der Waals surface area contributed by atoms with E-state index in [1.54, 1.807) is 0 Å². The van der Waals surface area contributed by atoms with Crippen molar-refractivity contribution in [2.75, 3.05) is 5.88 Å². The lowest BCUT2D eigenvalue weighted by Gasteiger charge is -1.97. The lowest BCUT2D eigenvalue weighted by atomic mass is 10.3. The van der Waals surface area contributed by atoms with Crippen LogP contribution in [0, 0.1) is 0 Å². The molecule has 0 aliphatic carbocycles. The molecule has 2 aromatic carbocycles. The highest BCUT2D eigenvalue weighted by molar-refractivity contribution is 6.28. The van der Waals surface area contributed by atoms with E-state index in [-0.39, 0.29) is 5.88 Å². The Labute approximate surface area is 116 Å². The minimum absolute atomic E-state index is 0.218. The molecular formula is C14H13ClN4. The summed E-state index contributed by atoms with van der Waals surface area (Å²) in [7, 11) is 0. The van der Waals surface area contributed by atoms with Gasteiger partial charge in [-0.15, -0.1) is 11.6 Å². The van der Waals surface area contributed by atoms with Gasteiger partial charge in [-0.3, -0.25) is 0 Å². The number of hydrogen-bond acceptors (Lipinski definition) is 3. The molecule has 0 aliphatic heterocycles. The Morgan fingerprint density at radius 2 is 1.37 bits per heavy atom. The Kier molecular flexibility index (Phi) is 4.64. The smallest absolute Gasteiger partial charge is 0.115 e. The van der Waals surface area contributed by atoms with Gasteiger partial charge in [-0.1, -0.05) is 18.2 Å². The maximum atomic E-state index is 5.56. The van der Waals surface area contributed by atoms with Gasteiger partial charge in [0.15, 0.2) is 0 Å². The van der Waals surface area contributed by atoms with Gasteiger partial charge in [-0.05, 0) is 36.4 Å². The van der Waals surface area contributed by atoms with Crippen LogP contribution >= 0.6 is 11.6 Å². The third-order valence-corrected chi connectivity index (χ3v) is 2.57. The third kappa shape index (κ3) is 4.19. The van der Waals surface area contributed by atoms with Gasteiger partial charge in [0.2, 0.25) is 0 Å². The fourth-order valence-corrected chi connectivity index (χ4v) is 1.46. The number of aliphatic imine (C=N–C) groups is 1. The molecule has 4 nitrogen and oxygen atoms in total. The summed E-state index contributed by atoms with van der Waals surface area (Å²) in [6.45, 7) is 0. The monoisotopic (exact) mass is 272 g/mol. The Morgan fingerprint density at radius 1 is 0.842 bits per heavy atom. The molecule has 0 bridgehead atoms. The number of hydrogen-bond donors (Lipinski definition) is 1. The molecule has 0 saturated heterocycles. The molecule has 2 aromatic rings. The van der Waals surface area contributed by atoms with Crippen LogP contribution in [-0.2, 0) is 0 Å². The molecule has 0 fully saturated rings. The van der Waals surface area contributed by atoms with E-state index in [4.69, 9.17) is 17.3 Å². The SMILES string of the molecule is NC(CCl)=Nc1ccc(N=Nc2ccccc2)cc1. The van der Waals surface area contributed by atoms with Crippen LogP contribution in [0.4, 0.5) is 17.1 Å². The normalized spacial score (nSPS) is 11.9. The number of rotatable bonds is 4. The zero-order chi connectivity index (χ0) is 13.5. The first-order valence-corrected chi connectivity index (χ1v) is 6.27. The molecule has 0 aromatic heterocycles.